The zero-order valence-corrected chi connectivity index (χ0v) is 22.0. The lowest BCUT2D eigenvalue weighted by Crippen LogP contribution is -2.20. The molecule has 0 aliphatic rings. The average molecular weight is 552 g/mol. The molecule has 40 heavy (non-hydrogen) atoms. The molecular weight excluding hydrogens is 526 g/mol. The molecule has 5 aromatic rings. The summed E-state index contributed by atoms with van der Waals surface area (Å²) in [6, 6.07) is 22.3. The number of amides is 1. The highest BCUT2D eigenvalue weighted by atomic mass is 32.1. The van der Waals surface area contributed by atoms with E-state index in [0.29, 0.717) is 22.8 Å². The van der Waals surface area contributed by atoms with Crippen molar-refractivity contribution in [1.82, 2.24) is 15.3 Å². The lowest BCUT2D eigenvalue weighted by Gasteiger charge is -2.11. The highest BCUT2D eigenvalue weighted by Crippen LogP contribution is 2.26. The minimum Gasteiger partial charge on any atom is -0.380 e. The van der Waals surface area contributed by atoms with E-state index in [4.69, 9.17) is 0 Å². The Hall–Kier alpha value is -5.29. The van der Waals surface area contributed by atoms with Gasteiger partial charge in [-0.1, -0.05) is 24.3 Å². The molecule has 0 aliphatic carbocycles. The third kappa shape index (κ3) is 6.58. The van der Waals surface area contributed by atoms with Gasteiger partial charge in [0, 0.05) is 47.5 Å². The Labute approximate surface area is 234 Å². The number of fused-ring (bicyclic) bond motifs is 1. The first-order valence-electron chi connectivity index (χ1n) is 12.4. The molecule has 0 fully saturated rings. The second kappa shape index (κ2) is 12.5. The molecule has 0 unspecified atom stereocenters. The third-order valence-electron chi connectivity index (χ3n) is 5.99. The number of hydrogen-bond acceptors (Lipinski definition) is 9. The van der Waals surface area contributed by atoms with Crippen LogP contribution < -0.4 is 21.3 Å². The van der Waals surface area contributed by atoms with Crippen molar-refractivity contribution in [1.29, 1.82) is 0 Å². The summed E-state index contributed by atoms with van der Waals surface area (Å²) in [5.74, 6) is -0.411. The summed E-state index contributed by atoms with van der Waals surface area (Å²) in [5, 5.41) is 26.3. The molecular formula is C29H25N7O3S. The summed E-state index contributed by atoms with van der Waals surface area (Å²) in [7, 11) is 0. The van der Waals surface area contributed by atoms with Crippen molar-refractivity contribution in [2.24, 2.45) is 0 Å². The summed E-state index contributed by atoms with van der Waals surface area (Å²) in [4.78, 5) is 32.9. The molecule has 0 aliphatic heterocycles. The van der Waals surface area contributed by atoms with Gasteiger partial charge in [-0.25, -0.2) is 0 Å². The summed E-state index contributed by atoms with van der Waals surface area (Å²) in [5.41, 5.74) is 4.82. The number of hydrogen-bond donors (Lipinski definition) is 4. The monoisotopic (exact) mass is 551 g/mol. The van der Waals surface area contributed by atoms with Gasteiger partial charge < -0.3 is 26.1 Å². The maximum atomic E-state index is 13.0. The number of nitrogens with zero attached hydrogens (tertiary/aromatic N) is 3. The van der Waals surface area contributed by atoms with Gasteiger partial charge >= 0.3 is 5.82 Å². The first-order valence-corrected chi connectivity index (χ1v) is 13.2. The van der Waals surface area contributed by atoms with Crippen LogP contribution in [-0.2, 0) is 13.1 Å². The van der Waals surface area contributed by atoms with Crippen molar-refractivity contribution in [3.63, 3.8) is 0 Å². The number of aromatic nitrogens is 2. The van der Waals surface area contributed by atoms with Crippen LogP contribution in [0.4, 0.5) is 17.1 Å². The number of nitrogens with one attached hydrogen (secondary N) is 4. The number of carbonyl (C=O) groups excluding carboxylic acids is 1. The Morgan fingerprint density at radius 2 is 1.77 bits per heavy atom. The Morgan fingerprint density at radius 3 is 2.58 bits per heavy atom. The third-order valence-corrected chi connectivity index (χ3v) is 6.90. The molecule has 3 heterocycles. The molecule has 1 amide bonds. The van der Waals surface area contributed by atoms with Gasteiger partial charge in [-0.3, -0.25) is 20.1 Å². The summed E-state index contributed by atoms with van der Waals surface area (Å²) in [6.45, 7) is 0.823. The van der Waals surface area contributed by atoms with Crippen molar-refractivity contribution in [3.05, 3.63) is 135 Å². The van der Waals surface area contributed by atoms with Crippen molar-refractivity contribution < 1.29 is 9.72 Å². The van der Waals surface area contributed by atoms with Gasteiger partial charge in [-0.2, -0.15) is 0 Å². The van der Waals surface area contributed by atoms with Crippen LogP contribution in [0.1, 0.15) is 20.8 Å². The summed E-state index contributed by atoms with van der Waals surface area (Å²) < 4.78 is 0. The fraction of sp³-hybridized carbons (Fsp3) is 0.0690. The van der Waals surface area contributed by atoms with Crippen molar-refractivity contribution >= 4 is 45.2 Å². The van der Waals surface area contributed by atoms with Crippen LogP contribution in [0.5, 0.6) is 0 Å². The number of pyridine rings is 2. The van der Waals surface area contributed by atoms with E-state index in [1.165, 1.54) is 17.5 Å². The Bertz CT molecular complexity index is 1650. The quantitative estimate of drug-likeness (QED) is 0.119. The summed E-state index contributed by atoms with van der Waals surface area (Å²) >= 11 is 1.35. The summed E-state index contributed by atoms with van der Waals surface area (Å²) in [6.07, 6.45) is 6.36. The number of carbonyl (C=O) groups is 1. The maximum absolute atomic E-state index is 13.0. The molecule has 200 valence electrons. The standard InChI is InChI=1S/C29H25N7O3S/c37-29(28-26(12-15-40-28)33-18-21-11-14-31-25-6-2-1-5-24(21)25)35-23-9-7-22(8-10-23)32-19-27(36(38)39)34-17-20-4-3-13-30-16-20/h1-16,19,32-34H,17-18H2,(H,35,37). The smallest absolute Gasteiger partial charge is 0.332 e. The van der Waals surface area contributed by atoms with Crippen LogP contribution in [0.2, 0.25) is 0 Å². The van der Waals surface area contributed by atoms with Gasteiger partial charge in [-0.05, 0) is 64.4 Å². The fourth-order valence-electron chi connectivity index (χ4n) is 3.98. The van der Waals surface area contributed by atoms with Crippen LogP contribution in [0.25, 0.3) is 10.9 Å². The first kappa shape index (κ1) is 26.3. The number of rotatable bonds is 11. The van der Waals surface area contributed by atoms with E-state index < -0.39 is 4.92 Å². The molecule has 0 saturated carbocycles. The largest absolute Gasteiger partial charge is 0.380 e. The number of benzene rings is 2. The topological polar surface area (TPSA) is 134 Å². The van der Waals surface area contributed by atoms with E-state index in [0.717, 1.165) is 27.7 Å². The van der Waals surface area contributed by atoms with Crippen molar-refractivity contribution in [2.45, 2.75) is 13.1 Å². The van der Waals surface area contributed by atoms with E-state index >= 15 is 0 Å². The second-order valence-electron chi connectivity index (χ2n) is 8.68. The zero-order valence-electron chi connectivity index (χ0n) is 21.2. The number of thiophene rings is 1. The minimum atomic E-state index is -0.498. The predicted molar refractivity (Wildman–Crippen MR) is 158 cm³/mol. The van der Waals surface area contributed by atoms with Crippen LogP contribution >= 0.6 is 11.3 Å². The molecule has 4 N–H and O–H groups in total. The average Bonchev–Trinajstić information content (AvgIpc) is 3.46. The lowest BCUT2D eigenvalue weighted by atomic mass is 10.1. The molecule has 3 aromatic heterocycles. The Balaban J connectivity index is 1.18. The minimum absolute atomic E-state index is 0.182. The SMILES string of the molecule is O=C(Nc1ccc(NC=C(NCc2cccnc2)[N+](=O)[O-])cc1)c1sccc1NCc1ccnc2ccccc12. The van der Waals surface area contributed by atoms with Crippen molar-refractivity contribution in [3.8, 4) is 0 Å². The normalized spacial score (nSPS) is 11.2. The molecule has 2 aromatic carbocycles. The van der Waals surface area contributed by atoms with Crippen LogP contribution in [0, 0.1) is 10.1 Å². The lowest BCUT2D eigenvalue weighted by molar-refractivity contribution is -0.432. The van der Waals surface area contributed by atoms with E-state index in [9.17, 15) is 14.9 Å². The number of nitro groups is 1. The van der Waals surface area contributed by atoms with Gasteiger partial charge in [0.15, 0.2) is 0 Å². The molecule has 10 nitrogen and oxygen atoms in total. The van der Waals surface area contributed by atoms with E-state index in [1.807, 2.05) is 47.8 Å². The van der Waals surface area contributed by atoms with Gasteiger partial charge in [0.25, 0.3) is 5.91 Å². The van der Waals surface area contributed by atoms with Crippen LogP contribution in [0.3, 0.4) is 0 Å². The van der Waals surface area contributed by atoms with Gasteiger partial charge in [0.05, 0.1) is 17.4 Å². The first-order chi connectivity index (χ1) is 19.6. The molecule has 0 saturated heterocycles. The molecule has 11 heteroatoms. The van der Waals surface area contributed by atoms with E-state index in [2.05, 4.69) is 31.2 Å². The highest BCUT2D eigenvalue weighted by Gasteiger charge is 2.14. The Morgan fingerprint density at radius 1 is 0.950 bits per heavy atom. The van der Waals surface area contributed by atoms with Gasteiger partial charge in [-0.15, -0.1) is 11.3 Å². The zero-order chi connectivity index (χ0) is 27.7. The maximum Gasteiger partial charge on any atom is 0.332 e. The Kier molecular flexibility index (Phi) is 8.23. The van der Waals surface area contributed by atoms with E-state index in [-0.39, 0.29) is 18.3 Å². The van der Waals surface area contributed by atoms with E-state index in [1.54, 1.807) is 48.9 Å². The van der Waals surface area contributed by atoms with Crippen LogP contribution in [0.15, 0.2) is 109 Å². The van der Waals surface area contributed by atoms with Crippen LogP contribution in [-0.4, -0.2) is 20.8 Å². The van der Waals surface area contributed by atoms with Gasteiger partial charge in [0.1, 0.15) is 11.4 Å². The fourth-order valence-corrected chi connectivity index (χ4v) is 4.74. The van der Waals surface area contributed by atoms with Gasteiger partial charge in [0.2, 0.25) is 0 Å². The molecule has 0 spiro atoms. The van der Waals surface area contributed by atoms with Crippen molar-refractivity contribution in [2.75, 3.05) is 16.0 Å². The molecule has 0 atom stereocenters. The molecule has 0 radical (unpaired) electrons. The predicted octanol–water partition coefficient (Wildman–Crippen LogP) is 5.83. The highest BCUT2D eigenvalue weighted by molar-refractivity contribution is 7.12. The number of anilines is 3. The number of para-hydroxylation sites is 1. The molecule has 0 bridgehead atoms. The second-order valence-corrected chi connectivity index (χ2v) is 9.60. The molecule has 5 rings (SSSR count).